The van der Waals surface area contributed by atoms with E-state index in [0.29, 0.717) is 66.4 Å². The summed E-state index contributed by atoms with van der Waals surface area (Å²) >= 11 is 6.06. The van der Waals surface area contributed by atoms with Gasteiger partial charge in [-0.25, -0.2) is 24.3 Å². The van der Waals surface area contributed by atoms with Crippen LogP contribution >= 0.6 is 11.6 Å². The van der Waals surface area contributed by atoms with Crippen molar-refractivity contribution in [2.24, 2.45) is 0 Å². The molecular formula is C24H20ClF4N7O. The number of hydrogen-bond donors (Lipinski definition) is 1. The van der Waals surface area contributed by atoms with Gasteiger partial charge in [-0.3, -0.25) is 0 Å². The predicted molar refractivity (Wildman–Crippen MR) is 128 cm³/mol. The Bertz CT molecular complexity index is 1450. The number of fused-ring (bicyclic) bond motifs is 3. The normalized spacial score (nSPS) is 18.4. The Kier molecular flexibility index (Phi) is 5.87. The number of rotatable bonds is 3. The monoisotopic (exact) mass is 533 g/mol. The van der Waals surface area contributed by atoms with E-state index in [-0.39, 0.29) is 17.5 Å². The van der Waals surface area contributed by atoms with Gasteiger partial charge in [0.25, 0.3) is 0 Å². The molecule has 1 fully saturated rings. The molecule has 8 nitrogen and oxygen atoms in total. The summed E-state index contributed by atoms with van der Waals surface area (Å²) in [4.78, 5) is 23.9. The minimum Gasteiger partial charge on any atom is -0.378 e. The smallest absolute Gasteiger partial charge is 0.378 e. The number of anilines is 2. The number of alkyl halides is 3. The van der Waals surface area contributed by atoms with Gasteiger partial charge in [0.1, 0.15) is 11.7 Å². The molecule has 1 atom stereocenters. The Morgan fingerprint density at radius 2 is 1.76 bits per heavy atom. The van der Waals surface area contributed by atoms with Crippen LogP contribution in [0.1, 0.15) is 28.6 Å². The number of ether oxygens (including phenoxy) is 1. The molecule has 1 aromatic carbocycles. The number of aromatic nitrogens is 5. The average Bonchev–Trinajstić information content (AvgIpc) is 3.30. The second kappa shape index (κ2) is 9.10. The maximum absolute atomic E-state index is 15.1. The zero-order chi connectivity index (χ0) is 25.7. The lowest BCUT2D eigenvalue weighted by Crippen LogP contribution is -2.39. The van der Waals surface area contributed by atoms with Crippen molar-refractivity contribution >= 4 is 34.4 Å². The molecular weight excluding hydrogens is 514 g/mol. The van der Waals surface area contributed by atoms with Gasteiger partial charge in [-0.1, -0.05) is 11.6 Å². The molecule has 13 heteroatoms. The molecule has 0 aliphatic carbocycles. The number of nitrogens with one attached hydrogen (secondary N) is 1. The lowest BCUT2D eigenvalue weighted by molar-refractivity contribution is -0.141. The molecule has 1 N–H and O–H groups in total. The van der Waals surface area contributed by atoms with Crippen LogP contribution in [0.25, 0.3) is 10.9 Å². The van der Waals surface area contributed by atoms with Crippen LogP contribution in [0, 0.1) is 5.82 Å². The summed E-state index contributed by atoms with van der Waals surface area (Å²) in [5, 5.41) is 0.357. The van der Waals surface area contributed by atoms with E-state index in [0.717, 1.165) is 12.3 Å². The van der Waals surface area contributed by atoms with Gasteiger partial charge >= 0.3 is 6.18 Å². The largest absolute Gasteiger partial charge is 0.433 e. The molecule has 0 radical (unpaired) electrons. The number of aromatic amines is 1. The fourth-order valence-corrected chi connectivity index (χ4v) is 5.08. The lowest BCUT2D eigenvalue weighted by Gasteiger charge is -2.36. The molecule has 1 saturated heterocycles. The van der Waals surface area contributed by atoms with Gasteiger partial charge in [0.15, 0.2) is 5.82 Å². The summed E-state index contributed by atoms with van der Waals surface area (Å²) in [7, 11) is 0. The Labute approximate surface area is 213 Å². The Hall–Kier alpha value is -3.51. The Morgan fingerprint density at radius 1 is 1.00 bits per heavy atom. The zero-order valence-electron chi connectivity index (χ0n) is 19.3. The van der Waals surface area contributed by atoms with Crippen molar-refractivity contribution < 1.29 is 22.3 Å². The van der Waals surface area contributed by atoms with Gasteiger partial charge in [-0.05, 0) is 30.2 Å². The van der Waals surface area contributed by atoms with Crippen LogP contribution < -0.4 is 9.80 Å². The van der Waals surface area contributed by atoms with Crippen LogP contribution in [0.5, 0.6) is 0 Å². The van der Waals surface area contributed by atoms with E-state index >= 15 is 4.39 Å². The van der Waals surface area contributed by atoms with Crippen molar-refractivity contribution in [1.82, 2.24) is 24.9 Å². The third kappa shape index (κ3) is 4.23. The first-order valence-electron chi connectivity index (χ1n) is 11.6. The van der Waals surface area contributed by atoms with Crippen molar-refractivity contribution in [2.45, 2.75) is 18.6 Å². The second-order valence-corrected chi connectivity index (χ2v) is 9.21. The fourth-order valence-electron chi connectivity index (χ4n) is 4.92. The van der Waals surface area contributed by atoms with E-state index in [9.17, 15) is 13.2 Å². The third-order valence-corrected chi connectivity index (χ3v) is 6.93. The highest BCUT2D eigenvalue weighted by atomic mass is 35.5. The quantitative estimate of drug-likeness (QED) is 0.387. The molecule has 1 unspecified atom stereocenters. The van der Waals surface area contributed by atoms with Crippen LogP contribution in [0.4, 0.5) is 29.5 Å². The van der Waals surface area contributed by atoms with Gasteiger partial charge in [0.2, 0.25) is 11.9 Å². The number of nitrogens with zero attached hydrogens (tertiary/aromatic N) is 6. The second-order valence-electron chi connectivity index (χ2n) is 8.80. The van der Waals surface area contributed by atoms with Crippen molar-refractivity contribution in [3.8, 4) is 0 Å². The molecule has 0 amide bonds. The van der Waals surface area contributed by atoms with E-state index < -0.39 is 23.7 Å². The standard InChI is InChI=1S/C24H20ClF4N7O/c25-15-1-2-16-18(19(15)26)14-4-6-36(23-30-5-3-17(34-23)24(27,28)29)21(20(14)33-16)13-11-31-22(32-12-13)35-7-9-37-10-8-35/h1-3,5,11-12,21,33H,4,6-10H2. The summed E-state index contributed by atoms with van der Waals surface area (Å²) in [5.41, 5.74) is 1.38. The molecule has 0 saturated carbocycles. The van der Waals surface area contributed by atoms with Crippen LogP contribution in [0.2, 0.25) is 5.02 Å². The highest BCUT2D eigenvalue weighted by Gasteiger charge is 2.37. The highest BCUT2D eigenvalue weighted by Crippen LogP contribution is 2.41. The first-order chi connectivity index (χ1) is 17.8. The van der Waals surface area contributed by atoms with Gasteiger partial charge in [-0.2, -0.15) is 13.2 Å². The molecule has 2 aliphatic heterocycles. The van der Waals surface area contributed by atoms with Crippen LogP contribution in [0.15, 0.2) is 36.8 Å². The van der Waals surface area contributed by atoms with Gasteiger partial charge in [-0.15, -0.1) is 0 Å². The minimum absolute atomic E-state index is 0.00677. The minimum atomic E-state index is -4.63. The van der Waals surface area contributed by atoms with Crippen molar-refractivity contribution in [2.75, 3.05) is 42.6 Å². The number of benzene rings is 1. The zero-order valence-corrected chi connectivity index (χ0v) is 20.0. The highest BCUT2D eigenvalue weighted by molar-refractivity contribution is 6.31. The summed E-state index contributed by atoms with van der Waals surface area (Å²) in [6.07, 6.45) is 0.0634. The molecule has 4 aromatic rings. The SMILES string of the molecule is Fc1c(Cl)ccc2[nH]c3c(c12)CCN(c1nccc(C(F)(F)F)n1)C3c1cnc(N2CCOCC2)nc1. The predicted octanol–water partition coefficient (Wildman–Crippen LogP) is 4.55. The topological polar surface area (TPSA) is 83.1 Å². The lowest BCUT2D eigenvalue weighted by atomic mass is 9.94. The summed E-state index contributed by atoms with van der Waals surface area (Å²) in [6.45, 7) is 2.68. The van der Waals surface area contributed by atoms with Gasteiger partial charge in [0, 0.05) is 60.4 Å². The molecule has 2 aliphatic rings. The van der Waals surface area contributed by atoms with E-state index in [1.807, 2.05) is 4.90 Å². The van der Waals surface area contributed by atoms with Crippen LogP contribution in [-0.2, 0) is 17.3 Å². The number of halogens is 5. The van der Waals surface area contributed by atoms with E-state index in [1.54, 1.807) is 23.4 Å². The fraction of sp³-hybridized carbons (Fsp3) is 0.333. The van der Waals surface area contributed by atoms with E-state index in [4.69, 9.17) is 16.3 Å². The van der Waals surface area contributed by atoms with E-state index in [2.05, 4.69) is 24.9 Å². The molecule has 192 valence electrons. The molecule has 0 bridgehead atoms. The van der Waals surface area contributed by atoms with Crippen molar-refractivity contribution in [3.05, 3.63) is 70.1 Å². The molecule has 6 rings (SSSR count). The third-order valence-electron chi connectivity index (χ3n) is 6.64. The molecule has 3 aromatic heterocycles. The molecule has 37 heavy (non-hydrogen) atoms. The van der Waals surface area contributed by atoms with Crippen LogP contribution in [-0.4, -0.2) is 57.8 Å². The summed E-state index contributed by atoms with van der Waals surface area (Å²) in [5.74, 6) is -0.114. The van der Waals surface area contributed by atoms with Crippen molar-refractivity contribution in [3.63, 3.8) is 0 Å². The number of H-pyrrole nitrogens is 1. The summed E-state index contributed by atoms with van der Waals surface area (Å²) < 4.78 is 60.7. The Morgan fingerprint density at radius 3 is 2.49 bits per heavy atom. The van der Waals surface area contributed by atoms with E-state index in [1.165, 1.54) is 6.07 Å². The van der Waals surface area contributed by atoms with Gasteiger partial charge < -0.3 is 19.5 Å². The summed E-state index contributed by atoms with van der Waals surface area (Å²) in [6, 6.07) is 3.29. The first kappa shape index (κ1) is 23.9. The maximum atomic E-state index is 15.1. The molecule has 5 heterocycles. The Balaban J connectivity index is 1.48. The van der Waals surface area contributed by atoms with Crippen molar-refractivity contribution in [1.29, 1.82) is 0 Å². The number of morpholine rings is 1. The van der Waals surface area contributed by atoms with Gasteiger partial charge in [0.05, 0.1) is 18.2 Å². The molecule has 0 spiro atoms. The average molecular weight is 534 g/mol. The van der Waals surface area contributed by atoms with Crippen LogP contribution in [0.3, 0.4) is 0 Å². The first-order valence-corrected chi connectivity index (χ1v) is 12.0. The number of hydrogen-bond acceptors (Lipinski definition) is 7. The maximum Gasteiger partial charge on any atom is 0.433 e.